The van der Waals surface area contributed by atoms with E-state index in [1.165, 1.54) is 5.69 Å². The number of aromatic amines is 1. The highest BCUT2D eigenvalue weighted by molar-refractivity contribution is 5.94. The lowest BCUT2D eigenvalue weighted by atomic mass is 9.88. The van der Waals surface area contributed by atoms with E-state index in [0.29, 0.717) is 17.7 Å². The number of hydrogen-bond donors (Lipinski definition) is 3. The molecule has 3 N–H and O–H groups in total. The average Bonchev–Trinajstić information content (AvgIpc) is 2.99. The Balaban J connectivity index is 1.97. The van der Waals surface area contributed by atoms with E-state index in [-0.39, 0.29) is 0 Å². The SMILES string of the molecule is CCN(C)Cc1cc2c3c(ccc2n1C)-c1[nH]c(=O)c(C(=O)O)c(O)c1CCCC3. The first-order valence-corrected chi connectivity index (χ1v) is 10.3. The van der Waals surface area contributed by atoms with Crippen LogP contribution in [0.15, 0.2) is 23.0 Å². The van der Waals surface area contributed by atoms with Gasteiger partial charge in [-0.25, -0.2) is 4.79 Å². The zero-order valence-electron chi connectivity index (χ0n) is 17.6. The van der Waals surface area contributed by atoms with Gasteiger partial charge in [0.15, 0.2) is 5.56 Å². The van der Waals surface area contributed by atoms with Gasteiger partial charge < -0.3 is 24.7 Å². The van der Waals surface area contributed by atoms with Crippen LogP contribution in [0.3, 0.4) is 0 Å². The Kier molecular flexibility index (Phi) is 5.15. The Morgan fingerprint density at radius 2 is 1.93 bits per heavy atom. The van der Waals surface area contributed by atoms with Gasteiger partial charge in [0, 0.05) is 41.3 Å². The summed E-state index contributed by atoms with van der Waals surface area (Å²) in [6.07, 6.45) is 3.12. The van der Waals surface area contributed by atoms with Crippen LogP contribution >= 0.6 is 0 Å². The Hall–Kier alpha value is -3.06. The predicted octanol–water partition coefficient (Wildman–Crippen LogP) is 3.27. The van der Waals surface area contributed by atoms with Crippen molar-refractivity contribution in [1.82, 2.24) is 14.5 Å². The molecule has 0 spiro atoms. The van der Waals surface area contributed by atoms with Gasteiger partial charge in [0.25, 0.3) is 5.56 Å². The second-order valence-corrected chi connectivity index (χ2v) is 8.09. The van der Waals surface area contributed by atoms with Gasteiger partial charge in [-0.05, 0) is 57.0 Å². The molecule has 7 heteroatoms. The molecule has 0 unspecified atom stereocenters. The molecule has 158 valence electrons. The maximum atomic E-state index is 12.4. The summed E-state index contributed by atoms with van der Waals surface area (Å²) in [5, 5.41) is 21.1. The number of fused-ring (bicyclic) bond motifs is 5. The van der Waals surface area contributed by atoms with Crippen molar-refractivity contribution in [3.63, 3.8) is 0 Å². The van der Waals surface area contributed by atoms with Gasteiger partial charge in [0.1, 0.15) is 5.75 Å². The number of nitrogens with zero attached hydrogens (tertiary/aromatic N) is 2. The van der Waals surface area contributed by atoms with Crippen LogP contribution in [-0.2, 0) is 26.4 Å². The third-order valence-corrected chi connectivity index (χ3v) is 6.29. The summed E-state index contributed by atoms with van der Waals surface area (Å²) in [4.78, 5) is 28.9. The number of H-pyrrole nitrogens is 1. The van der Waals surface area contributed by atoms with Crippen molar-refractivity contribution in [2.75, 3.05) is 13.6 Å². The van der Waals surface area contributed by atoms with E-state index in [0.717, 1.165) is 54.4 Å². The minimum Gasteiger partial charge on any atom is -0.506 e. The maximum Gasteiger partial charge on any atom is 0.345 e. The summed E-state index contributed by atoms with van der Waals surface area (Å²) in [6.45, 7) is 3.93. The Morgan fingerprint density at radius 3 is 2.60 bits per heavy atom. The van der Waals surface area contributed by atoms with E-state index < -0.39 is 22.8 Å². The molecule has 0 aliphatic heterocycles. The zero-order chi connectivity index (χ0) is 21.6. The summed E-state index contributed by atoms with van der Waals surface area (Å²) >= 11 is 0. The fourth-order valence-corrected chi connectivity index (χ4v) is 4.47. The normalized spacial score (nSPS) is 13.7. The molecule has 4 rings (SSSR count). The van der Waals surface area contributed by atoms with E-state index in [4.69, 9.17) is 0 Å². The Labute approximate surface area is 174 Å². The fraction of sp³-hybridized carbons (Fsp3) is 0.391. The molecule has 0 bridgehead atoms. The monoisotopic (exact) mass is 409 g/mol. The largest absolute Gasteiger partial charge is 0.506 e. The molecule has 0 fully saturated rings. The van der Waals surface area contributed by atoms with Crippen LogP contribution < -0.4 is 5.56 Å². The number of carboxylic acids is 1. The number of aromatic carboxylic acids is 1. The fourth-order valence-electron chi connectivity index (χ4n) is 4.47. The molecule has 7 nitrogen and oxygen atoms in total. The van der Waals surface area contributed by atoms with Crippen molar-refractivity contribution < 1.29 is 15.0 Å². The minimum absolute atomic E-state index is 0.410. The van der Waals surface area contributed by atoms with E-state index in [1.54, 1.807) is 0 Å². The smallest absolute Gasteiger partial charge is 0.345 e. The molecule has 0 saturated carbocycles. The Bertz CT molecular complexity index is 1210. The van der Waals surface area contributed by atoms with Gasteiger partial charge in [0.05, 0.1) is 5.69 Å². The van der Waals surface area contributed by atoms with Crippen LogP contribution in [0, 0.1) is 0 Å². The van der Waals surface area contributed by atoms with Crippen LogP contribution in [0.5, 0.6) is 5.75 Å². The second-order valence-electron chi connectivity index (χ2n) is 8.09. The highest BCUT2D eigenvalue weighted by Gasteiger charge is 2.26. The van der Waals surface area contributed by atoms with Crippen molar-refractivity contribution >= 4 is 16.9 Å². The minimum atomic E-state index is -1.41. The highest BCUT2D eigenvalue weighted by Crippen LogP contribution is 2.38. The quantitative estimate of drug-likeness (QED) is 0.614. The number of aryl methyl sites for hydroxylation is 2. The number of pyridine rings is 1. The van der Waals surface area contributed by atoms with Gasteiger partial charge in [0.2, 0.25) is 0 Å². The summed E-state index contributed by atoms with van der Waals surface area (Å²) in [7, 11) is 4.16. The number of rotatable bonds is 4. The summed E-state index contributed by atoms with van der Waals surface area (Å²) in [5.74, 6) is -1.82. The van der Waals surface area contributed by atoms with Crippen molar-refractivity contribution in [2.45, 2.75) is 39.2 Å². The first kappa shape index (κ1) is 20.2. The molecule has 0 amide bonds. The molecule has 2 heterocycles. The molecule has 2 aromatic heterocycles. The molecule has 0 saturated heterocycles. The van der Waals surface area contributed by atoms with Crippen LogP contribution in [-0.4, -0.2) is 44.2 Å². The molecule has 30 heavy (non-hydrogen) atoms. The van der Waals surface area contributed by atoms with Crippen LogP contribution in [0.2, 0.25) is 0 Å². The molecule has 3 aromatic rings. The zero-order valence-corrected chi connectivity index (χ0v) is 17.6. The first-order valence-electron chi connectivity index (χ1n) is 10.3. The lowest BCUT2D eigenvalue weighted by Crippen LogP contribution is -2.21. The molecular weight excluding hydrogens is 382 g/mol. The summed E-state index contributed by atoms with van der Waals surface area (Å²) < 4.78 is 2.20. The number of carboxylic acid groups (broad SMARTS) is 1. The molecule has 1 aromatic carbocycles. The van der Waals surface area contributed by atoms with E-state index in [1.807, 2.05) is 12.1 Å². The van der Waals surface area contributed by atoms with Gasteiger partial charge in [-0.3, -0.25) is 4.79 Å². The number of benzene rings is 1. The number of aromatic hydroxyl groups is 1. The molecule has 0 radical (unpaired) electrons. The molecule has 1 aliphatic rings. The van der Waals surface area contributed by atoms with Crippen molar-refractivity contribution in [2.24, 2.45) is 7.05 Å². The predicted molar refractivity (Wildman–Crippen MR) is 116 cm³/mol. The molecule has 1 aliphatic carbocycles. The third kappa shape index (κ3) is 3.19. The second kappa shape index (κ2) is 7.65. The first-order chi connectivity index (χ1) is 14.3. The number of aromatic nitrogens is 2. The number of nitrogens with one attached hydrogen (secondary N) is 1. The van der Waals surface area contributed by atoms with Crippen LogP contribution in [0.25, 0.3) is 22.2 Å². The van der Waals surface area contributed by atoms with E-state index in [2.05, 4.69) is 41.5 Å². The standard InChI is InChI=1S/C23H27N3O4/c1-4-25(2)12-13-11-17-14-7-5-6-8-16-20(15(14)9-10-18(17)26(13)3)24-22(28)19(21(16)27)23(29)30/h9-11H,4-8,12H2,1-3H3,(H,29,30)(H2,24,27,28). The topological polar surface area (TPSA) is 98.6 Å². The highest BCUT2D eigenvalue weighted by atomic mass is 16.4. The Morgan fingerprint density at radius 1 is 1.23 bits per heavy atom. The summed E-state index contributed by atoms with van der Waals surface area (Å²) in [5.41, 5.74) is 4.02. The van der Waals surface area contributed by atoms with Crippen molar-refractivity contribution in [1.29, 1.82) is 0 Å². The lowest BCUT2D eigenvalue weighted by molar-refractivity contribution is 0.0691. The average molecular weight is 409 g/mol. The van der Waals surface area contributed by atoms with Gasteiger partial charge in [-0.15, -0.1) is 0 Å². The molecule has 0 atom stereocenters. The van der Waals surface area contributed by atoms with E-state index >= 15 is 0 Å². The summed E-state index contributed by atoms with van der Waals surface area (Å²) in [6, 6.07) is 6.23. The molecular formula is C23H27N3O4. The van der Waals surface area contributed by atoms with E-state index in [9.17, 15) is 19.8 Å². The maximum absolute atomic E-state index is 12.4. The van der Waals surface area contributed by atoms with Gasteiger partial charge in [-0.2, -0.15) is 0 Å². The van der Waals surface area contributed by atoms with Crippen LogP contribution in [0.4, 0.5) is 0 Å². The number of hydrogen-bond acceptors (Lipinski definition) is 4. The van der Waals surface area contributed by atoms with Gasteiger partial charge in [-0.1, -0.05) is 13.0 Å². The number of carbonyl (C=O) groups is 1. The third-order valence-electron chi connectivity index (χ3n) is 6.29. The van der Waals surface area contributed by atoms with Crippen molar-refractivity contribution in [3.8, 4) is 17.0 Å². The lowest BCUT2D eigenvalue weighted by Gasteiger charge is -2.20. The van der Waals surface area contributed by atoms with Gasteiger partial charge >= 0.3 is 5.97 Å². The van der Waals surface area contributed by atoms with Crippen LogP contribution in [0.1, 0.15) is 46.9 Å². The van der Waals surface area contributed by atoms with Crippen molar-refractivity contribution in [3.05, 3.63) is 50.9 Å².